The molecule has 1 aromatic rings. The second-order valence-corrected chi connectivity index (χ2v) is 5.17. The standard InChI is InChI=1S/C15H24FNO/c1-12(2)9-17-10-13(11-18-3)8-14-6-4-5-7-15(14)16/h4-7,12-13,17H,8-11H2,1-3H3. The third-order valence-corrected chi connectivity index (χ3v) is 2.85. The van der Waals surface area contributed by atoms with Crippen LogP contribution in [0.1, 0.15) is 19.4 Å². The Morgan fingerprint density at radius 2 is 1.94 bits per heavy atom. The van der Waals surface area contributed by atoms with Crippen molar-refractivity contribution in [2.45, 2.75) is 20.3 Å². The average molecular weight is 253 g/mol. The van der Waals surface area contributed by atoms with Crippen LogP contribution in [0.5, 0.6) is 0 Å². The number of rotatable bonds is 8. The summed E-state index contributed by atoms with van der Waals surface area (Å²) in [6, 6.07) is 6.96. The molecule has 0 aromatic heterocycles. The van der Waals surface area contributed by atoms with Crippen molar-refractivity contribution in [1.29, 1.82) is 0 Å². The minimum atomic E-state index is -0.123. The molecule has 0 amide bonds. The van der Waals surface area contributed by atoms with Crippen LogP contribution in [0.4, 0.5) is 4.39 Å². The molecule has 1 unspecified atom stereocenters. The lowest BCUT2D eigenvalue weighted by Gasteiger charge is -2.18. The Morgan fingerprint density at radius 1 is 1.22 bits per heavy atom. The molecule has 18 heavy (non-hydrogen) atoms. The van der Waals surface area contributed by atoms with E-state index >= 15 is 0 Å². The molecule has 1 atom stereocenters. The van der Waals surface area contributed by atoms with Crippen molar-refractivity contribution < 1.29 is 9.13 Å². The summed E-state index contributed by atoms with van der Waals surface area (Å²) in [5.41, 5.74) is 0.769. The number of methoxy groups -OCH3 is 1. The van der Waals surface area contributed by atoms with Crippen LogP contribution in [-0.4, -0.2) is 26.8 Å². The molecule has 0 aliphatic heterocycles. The van der Waals surface area contributed by atoms with Crippen molar-refractivity contribution in [3.63, 3.8) is 0 Å². The van der Waals surface area contributed by atoms with Gasteiger partial charge < -0.3 is 10.1 Å². The molecule has 1 aromatic carbocycles. The molecule has 2 nitrogen and oxygen atoms in total. The van der Waals surface area contributed by atoms with Crippen LogP contribution in [0.3, 0.4) is 0 Å². The van der Waals surface area contributed by atoms with E-state index in [4.69, 9.17) is 4.74 Å². The van der Waals surface area contributed by atoms with Crippen LogP contribution in [0.25, 0.3) is 0 Å². The Kier molecular flexibility index (Phi) is 6.91. The molecular weight excluding hydrogens is 229 g/mol. The molecule has 0 fully saturated rings. The first kappa shape index (κ1) is 15.1. The lowest BCUT2D eigenvalue weighted by Crippen LogP contribution is -2.30. The summed E-state index contributed by atoms with van der Waals surface area (Å²) in [7, 11) is 1.69. The topological polar surface area (TPSA) is 21.3 Å². The molecule has 0 spiro atoms. The maximum atomic E-state index is 13.6. The summed E-state index contributed by atoms with van der Waals surface area (Å²) in [6.45, 7) is 6.85. The van der Waals surface area contributed by atoms with Crippen molar-refractivity contribution in [2.75, 3.05) is 26.8 Å². The fraction of sp³-hybridized carbons (Fsp3) is 0.600. The Morgan fingerprint density at radius 3 is 2.56 bits per heavy atom. The van der Waals surface area contributed by atoms with Gasteiger partial charge in [-0.25, -0.2) is 4.39 Å². The van der Waals surface area contributed by atoms with E-state index in [1.165, 1.54) is 6.07 Å². The first-order valence-electron chi connectivity index (χ1n) is 6.56. The van der Waals surface area contributed by atoms with Gasteiger partial charge in [0.15, 0.2) is 0 Å². The summed E-state index contributed by atoms with van der Waals surface area (Å²) < 4.78 is 18.8. The van der Waals surface area contributed by atoms with Crippen molar-refractivity contribution in [1.82, 2.24) is 5.32 Å². The zero-order chi connectivity index (χ0) is 13.4. The number of ether oxygens (including phenoxy) is 1. The molecule has 3 heteroatoms. The zero-order valence-electron chi connectivity index (χ0n) is 11.6. The molecule has 0 aliphatic rings. The molecule has 0 saturated carbocycles. The molecule has 0 aliphatic carbocycles. The molecule has 0 saturated heterocycles. The SMILES string of the molecule is COCC(CNCC(C)C)Cc1ccccc1F. The summed E-state index contributed by atoms with van der Waals surface area (Å²) in [5.74, 6) is 0.815. The highest BCUT2D eigenvalue weighted by Crippen LogP contribution is 2.13. The predicted octanol–water partition coefficient (Wildman–Crippen LogP) is 2.88. The summed E-state index contributed by atoms with van der Waals surface area (Å²) in [5, 5.41) is 3.41. The quantitative estimate of drug-likeness (QED) is 0.769. The van der Waals surface area contributed by atoms with Crippen LogP contribution < -0.4 is 5.32 Å². The van der Waals surface area contributed by atoms with Gasteiger partial charge in [0.1, 0.15) is 5.82 Å². The fourth-order valence-electron chi connectivity index (χ4n) is 1.98. The fourth-order valence-corrected chi connectivity index (χ4v) is 1.98. The lowest BCUT2D eigenvalue weighted by atomic mass is 9.99. The van der Waals surface area contributed by atoms with Crippen LogP contribution in [0, 0.1) is 17.7 Å². The van der Waals surface area contributed by atoms with Gasteiger partial charge in [0.25, 0.3) is 0 Å². The van der Waals surface area contributed by atoms with Crippen molar-refractivity contribution in [3.8, 4) is 0 Å². The van der Waals surface area contributed by atoms with E-state index in [1.54, 1.807) is 13.2 Å². The summed E-state index contributed by atoms with van der Waals surface area (Å²) in [4.78, 5) is 0. The highest BCUT2D eigenvalue weighted by Gasteiger charge is 2.12. The van der Waals surface area contributed by atoms with Crippen LogP contribution in [0.15, 0.2) is 24.3 Å². The van der Waals surface area contributed by atoms with E-state index in [0.717, 1.165) is 18.7 Å². The molecular formula is C15H24FNO. The van der Waals surface area contributed by atoms with Gasteiger partial charge in [-0.3, -0.25) is 0 Å². The number of halogens is 1. The Bertz CT molecular complexity index is 341. The Balaban J connectivity index is 2.49. The Labute approximate surface area is 110 Å². The predicted molar refractivity (Wildman–Crippen MR) is 73.2 cm³/mol. The average Bonchev–Trinajstić information content (AvgIpc) is 2.32. The minimum Gasteiger partial charge on any atom is -0.384 e. The second-order valence-electron chi connectivity index (χ2n) is 5.17. The molecule has 0 radical (unpaired) electrons. The second kappa shape index (κ2) is 8.22. The number of hydrogen-bond donors (Lipinski definition) is 1. The molecule has 1 N–H and O–H groups in total. The highest BCUT2D eigenvalue weighted by atomic mass is 19.1. The van der Waals surface area contributed by atoms with Crippen LogP contribution >= 0.6 is 0 Å². The largest absolute Gasteiger partial charge is 0.384 e. The molecule has 102 valence electrons. The summed E-state index contributed by atoms with van der Waals surface area (Å²) >= 11 is 0. The van der Waals surface area contributed by atoms with Gasteiger partial charge in [0.05, 0.1) is 6.61 Å². The van der Waals surface area contributed by atoms with E-state index in [9.17, 15) is 4.39 Å². The first-order valence-corrected chi connectivity index (χ1v) is 6.56. The highest BCUT2D eigenvalue weighted by molar-refractivity contribution is 5.17. The van der Waals surface area contributed by atoms with Gasteiger partial charge in [0.2, 0.25) is 0 Å². The van der Waals surface area contributed by atoms with Gasteiger partial charge in [-0.1, -0.05) is 32.0 Å². The van der Waals surface area contributed by atoms with E-state index in [2.05, 4.69) is 19.2 Å². The van der Waals surface area contributed by atoms with E-state index in [1.807, 2.05) is 12.1 Å². The number of hydrogen-bond acceptors (Lipinski definition) is 2. The van der Waals surface area contributed by atoms with Gasteiger partial charge >= 0.3 is 0 Å². The van der Waals surface area contributed by atoms with Crippen molar-refractivity contribution >= 4 is 0 Å². The van der Waals surface area contributed by atoms with Gasteiger partial charge in [-0.05, 0) is 36.4 Å². The van der Waals surface area contributed by atoms with Gasteiger partial charge in [0, 0.05) is 13.7 Å². The maximum Gasteiger partial charge on any atom is 0.126 e. The maximum absolute atomic E-state index is 13.6. The zero-order valence-corrected chi connectivity index (χ0v) is 11.6. The molecule has 0 heterocycles. The van der Waals surface area contributed by atoms with Crippen LogP contribution in [0.2, 0.25) is 0 Å². The van der Waals surface area contributed by atoms with E-state index < -0.39 is 0 Å². The van der Waals surface area contributed by atoms with Crippen molar-refractivity contribution in [2.24, 2.45) is 11.8 Å². The van der Waals surface area contributed by atoms with Gasteiger partial charge in [-0.2, -0.15) is 0 Å². The minimum absolute atomic E-state index is 0.123. The molecule has 1 rings (SSSR count). The smallest absolute Gasteiger partial charge is 0.126 e. The van der Waals surface area contributed by atoms with Crippen LogP contribution in [-0.2, 0) is 11.2 Å². The lowest BCUT2D eigenvalue weighted by molar-refractivity contribution is 0.150. The van der Waals surface area contributed by atoms with E-state index in [0.29, 0.717) is 24.9 Å². The van der Waals surface area contributed by atoms with Crippen molar-refractivity contribution in [3.05, 3.63) is 35.6 Å². The molecule has 0 bridgehead atoms. The third kappa shape index (κ3) is 5.61. The third-order valence-electron chi connectivity index (χ3n) is 2.85. The van der Waals surface area contributed by atoms with Gasteiger partial charge in [-0.15, -0.1) is 0 Å². The number of benzene rings is 1. The first-order chi connectivity index (χ1) is 8.63. The monoisotopic (exact) mass is 253 g/mol. The summed E-state index contributed by atoms with van der Waals surface area (Å²) in [6.07, 6.45) is 0.714. The Hall–Kier alpha value is -0.930. The van der Waals surface area contributed by atoms with E-state index in [-0.39, 0.29) is 5.82 Å². The normalized spacial score (nSPS) is 12.9. The number of nitrogens with one attached hydrogen (secondary N) is 1.